The molecule has 6 heteroatoms. The van der Waals surface area contributed by atoms with Crippen LogP contribution >= 0.6 is 15.9 Å². The number of anilines is 1. The van der Waals surface area contributed by atoms with Gasteiger partial charge >= 0.3 is 0 Å². The first-order chi connectivity index (χ1) is 9.65. The van der Waals surface area contributed by atoms with Crippen LogP contribution in [0.25, 0.3) is 0 Å². The van der Waals surface area contributed by atoms with Crippen molar-refractivity contribution in [3.63, 3.8) is 0 Å². The highest BCUT2D eigenvalue weighted by atomic mass is 79.9. The fraction of sp³-hybridized carbons (Fsp3) is 0.571. The summed E-state index contributed by atoms with van der Waals surface area (Å²) in [6.45, 7) is 4.19. The number of hydrogen-bond acceptors (Lipinski definition) is 4. The van der Waals surface area contributed by atoms with Crippen molar-refractivity contribution in [1.82, 2.24) is 9.88 Å². The van der Waals surface area contributed by atoms with Crippen molar-refractivity contribution in [2.75, 3.05) is 32.1 Å². The molecule has 0 unspecified atom stereocenters. The van der Waals surface area contributed by atoms with Gasteiger partial charge in [-0.25, -0.2) is 4.98 Å². The zero-order valence-electron chi connectivity index (χ0n) is 11.9. The second-order valence-corrected chi connectivity index (χ2v) is 5.72. The van der Waals surface area contributed by atoms with Crippen molar-refractivity contribution in [2.45, 2.75) is 25.9 Å². The minimum absolute atomic E-state index is 0.0318. The highest BCUT2D eigenvalue weighted by Gasteiger charge is 2.25. The van der Waals surface area contributed by atoms with Gasteiger partial charge in [-0.05, 0) is 41.8 Å². The van der Waals surface area contributed by atoms with E-state index in [1.165, 1.54) is 0 Å². The monoisotopic (exact) mass is 341 g/mol. The van der Waals surface area contributed by atoms with Crippen LogP contribution in [0.4, 0.5) is 5.82 Å². The molecule has 0 bridgehead atoms. The van der Waals surface area contributed by atoms with Crippen molar-refractivity contribution in [3.8, 4) is 0 Å². The SMILES string of the molecule is CCNc1ncc(Br)cc1C(=O)N1CCC(OC)CC1. The quantitative estimate of drug-likeness (QED) is 0.914. The first kappa shape index (κ1) is 15.3. The first-order valence-electron chi connectivity index (χ1n) is 6.87. The van der Waals surface area contributed by atoms with Crippen LogP contribution in [0.2, 0.25) is 0 Å². The third-order valence-electron chi connectivity index (χ3n) is 3.49. The molecule has 1 aromatic rings. The molecule has 1 aromatic heterocycles. The Morgan fingerprint density at radius 3 is 2.85 bits per heavy atom. The molecule has 1 aliphatic rings. The van der Waals surface area contributed by atoms with Gasteiger partial charge in [-0.15, -0.1) is 0 Å². The molecule has 2 heterocycles. The van der Waals surface area contributed by atoms with Crippen LogP contribution < -0.4 is 5.32 Å². The van der Waals surface area contributed by atoms with E-state index in [0.29, 0.717) is 11.4 Å². The number of hydrogen-bond donors (Lipinski definition) is 1. The number of methoxy groups -OCH3 is 1. The summed E-state index contributed by atoms with van der Waals surface area (Å²) in [4.78, 5) is 18.8. The second-order valence-electron chi connectivity index (χ2n) is 4.81. The number of halogens is 1. The number of amides is 1. The smallest absolute Gasteiger partial charge is 0.257 e. The van der Waals surface area contributed by atoms with E-state index < -0.39 is 0 Å². The van der Waals surface area contributed by atoms with E-state index in [0.717, 1.165) is 36.9 Å². The Morgan fingerprint density at radius 1 is 1.55 bits per heavy atom. The van der Waals surface area contributed by atoms with Crippen molar-refractivity contribution < 1.29 is 9.53 Å². The lowest BCUT2D eigenvalue weighted by atomic mass is 10.1. The number of nitrogens with one attached hydrogen (secondary N) is 1. The molecule has 1 saturated heterocycles. The molecule has 1 aliphatic heterocycles. The molecule has 20 heavy (non-hydrogen) atoms. The molecule has 1 fully saturated rings. The van der Waals surface area contributed by atoms with E-state index >= 15 is 0 Å². The van der Waals surface area contributed by atoms with Gasteiger partial charge in [0.2, 0.25) is 0 Å². The summed E-state index contributed by atoms with van der Waals surface area (Å²) in [5.41, 5.74) is 0.622. The van der Waals surface area contributed by atoms with Gasteiger partial charge in [0.25, 0.3) is 5.91 Å². The molecule has 0 spiro atoms. The number of ether oxygens (including phenoxy) is 1. The number of nitrogens with zero attached hydrogens (tertiary/aromatic N) is 2. The van der Waals surface area contributed by atoms with Gasteiger partial charge in [0.05, 0.1) is 11.7 Å². The van der Waals surface area contributed by atoms with Crippen LogP contribution in [0.15, 0.2) is 16.7 Å². The number of rotatable bonds is 4. The summed E-state index contributed by atoms with van der Waals surface area (Å²) < 4.78 is 6.15. The third-order valence-corrected chi connectivity index (χ3v) is 3.93. The molecule has 0 saturated carbocycles. The topological polar surface area (TPSA) is 54.5 Å². The third kappa shape index (κ3) is 3.49. The minimum atomic E-state index is 0.0318. The van der Waals surface area contributed by atoms with Gasteiger partial charge in [-0.3, -0.25) is 4.79 Å². The Kier molecular flexibility index (Phi) is 5.37. The summed E-state index contributed by atoms with van der Waals surface area (Å²) in [5.74, 6) is 0.680. The molecule has 0 atom stereocenters. The van der Waals surface area contributed by atoms with Gasteiger partial charge in [-0.1, -0.05) is 0 Å². The standard InChI is InChI=1S/C14H20BrN3O2/c1-3-16-13-12(8-10(15)9-17-13)14(19)18-6-4-11(20-2)5-7-18/h8-9,11H,3-7H2,1-2H3,(H,16,17). The van der Waals surface area contributed by atoms with Gasteiger partial charge in [0.15, 0.2) is 0 Å². The predicted molar refractivity (Wildman–Crippen MR) is 82.0 cm³/mol. The summed E-state index contributed by atoms with van der Waals surface area (Å²) in [6, 6.07) is 1.83. The Hall–Kier alpha value is -1.14. The Balaban J connectivity index is 2.14. The molecule has 0 aliphatic carbocycles. The van der Waals surface area contributed by atoms with E-state index in [1.54, 1.807) is 13.3 Å². The Bertz CT molecular complexity index is 473. The van der Waals surface area contributed by atoms with Crippen LogP contribution in [0.5, 0.6) is 0 Å². The van der Waals surface area contributed by atoms with Gasteiger partial charge in [0.1, 0.15) is 5.82 Å². The van der Waals surface area contributed by atoms with E-state index in [9.17, 15) is 4.79 Å². The molecule has 0 aromatic carbocycles. The molecular weight excluding hydrogens is 322 g/mol. The number of carbonyl (C=O) groups excluding carboxylic acids is 1. The molecule has 2 rings (SSSR count). The van der Waals surface area contributed by atoms with E-state index in [1.807, 2.05) is 17.9 Å². The van der Waals surface area contributed by atoms with Crippen LogP contribution in [-0.4, -0.2) is 48.6 Å². The van der Waals surface area contributed by atoms with E-state index in [-0.39, 0.29) is 12.0 Å². The van der Waals surface area contributed by atoms with Crippen LogP contribution in [0.3, 0.4) is 0 Å². The summed E-state index contributed by atoms with van der Waals surface area (Å²) in [5, 5.41) is 3.14. The molecule has 1 N–H and O–H groups in total. The zero-order valence-corrected chi connectivity index (χ0v) is 13.4. The first-order valence-corrected chi connectivity index (χ1v) is 7.66. The van der Waals surface area contributed by atoms with Crippen molar-refractivity contribution in [3.05, 3.63) is 22.3 Å². The highest BCUT2D eigenvalue weighted by Crippen LogP contribution is 2.22. The Labute approximate surface area is 127 Å². The van der Waals surface area contributed by atoms with Gasteiger partial charge < -0.3 is 15.0 Å². The number of piperidine rings is 1. The van der Waals surface area contributed by atoms with Gasteiger partial charge in [-0.2, -0.15) is 0 Å². The van der Waals surface area contributed by atoms with Crippen molar-refractivity contribution in [1.29, 1.82) is 0 Å². The average molecular weight is 342 g/mol. The number of likely N-dealkylation sites (tertiary alicyclic amines) is 1. The maximum absolute atomic E-state index is 12.6. The highest BCUT2D eigenvalue weighted by molar-refractivity contribution is 9.10. The molecule has 110 valence electrons. The lowest BCUT2D eigenvalue weighted by molar-refractivity contribution is 0.0351. The van der Waals surface area contributed by atoms with Crippen LogP contribution in [0, 0.1) is 0 Å². The summed E-state index contributed by atoms with van der Waals surface area (Å²) in [6.07, 6.45) is 3.75. The van der Waals surface area contributed by atoms with Crippen LogP contribution in [-0.2, 0) is 4.74 Å². The average Bonchev–Trinajstić information content (AvgIpc) is 2.48. The van der Waals surface area contributed by atoms with Crippen molar-refractivity contribution in [2.24, 2.45) is 0 Å². The largest absolute Gasteiger partial charge is 0.381 e. The molecule has 1 amide bonds. The number of pyridine rings is 1. The number of aromatic nitrogens is 1. The number of carbonyl (C=O) groups is 1. The molecular formula is C14H20BrN3O2. The summed E-state index contributed by atoms with van der Waals surface area (Å²) >= 11 is 3.38. The van der Waals surface area contributed by atoms with Gasteiger partial charge in [0, 0.05) is 37.4 Å². The predicted octanol–water partition coefficient (Wildman–Crippen LogP) is 2.53. The fourth-order valence-electron chi connectivity index (χ4n) is 2.38. The van der Waals surface area contributed by atoms with E-state index in [2.05, 4.69) is 26.2 Å². The maximum atomic E-state index is 12.6. The second kappa shape index (κ2) is 7.04. The van der Waals surface area contributed by atoms with Crippen molar-refractivity contribution >= 4 is 27.7 Å². The Morgan fingerprint density at radius 2 is 2.25 bits per heavy atom. The zero-order chi connectivity index (χ0) is 14.5. The fourth-order valence-corrected chi connectivity index (χ4v) is 2.71. The normalized spacial score (nSPS) is 16.2. The molecule has 5 nitrogen and oxygen atoms in total. The molecule has 0 radical (unpaired) electrons. The van der Waals surface area contributed by atoms with E-state index in [4.69, 9.17) is 4.74 Å². The van der Waals surface area contributed by atoms with Crippen LogP contribution in [0.1, 0.15) is 30.1 Å². The minimum Gasteiger partial charge on any atom is -0.381 e. The lowest BCUT2D eigenvalue weighted by Gasteiger charge is -2.31. The lowest BCUT2D eigenvalue weighted by Crippen LogP contribution is -2.40. The maximum Gasteiger partial charge on any atom is 0.257 e. The summed E-state index contributed by atoms with van der Waals surface area (Å²) in [7, 11) is 1.73.